The molecule has 0 bridgehead atoms. The zero-order valence-electron chi connectivity index (χ0n) is 19.4. The normalized spacial score (nSPS) is 14.5. The summed E-state index contributed by atoms with van der Waals surface area (Å²) < 4.78 is 11.9. The first-order valence-corrected chi connectivity index (χ1v) is 12.3. The van der Waals surface area contributed by atoms with E-state index in [0.717, 1.165) is 52.7 Å². The zero-order valence-corrected chi connectivity index (χ0v) is 21.0. The average Bonchev–Trinajstić information content (AvgIpc) is 2.89. The highest BCUT2D eigenvalue weighted by molar-refractivity contribution is 9.10. The maximum absolute atomic E-state index is 6.22. The Balaban J connectivity index is 1.40. The van der Waals surface area contributed by atoms with Gasteiger partial charge in [0.25, 0.3) is 0 Å². The second-order valence-corrected chi connectivity index (χ2v) is 9.27. The van der Waals surface area contributed by atoms with Crippen LogP contribution in [0.3, 0.4) is 0 Å². The van der Waals surface area contributed by atoms with Crippen molar-refractivity contribution in [3.63, 3.8) is 0 Å². The second kappa shape index (κ2) is 10.6. The number of nitrogens with zero attached hydrogens (tertiary/aromatic N) is 6. The van der Waals surface area contributed by atoms with Gasteiger partial charge in [0.15, 0.2) is 11.5 Å². The Hall–Kier alpha value is -3.21. The molecule has 2 N–H and O–H groups in total. The number of aromatic nitrogens is 5. The maximum Gasteiger partial charge on any atom is 0.165 e. The van der Waals surface area contributed by atoms with Crippen LogP contribution in [0.5, 0.6) is 0 Å². The van der Waals surface area contributed by atoms with E-state index in [4.69, 9.17) is 20.2 Å². The van der Waals surface area contributed by atoms with Gasteiger partial charge in [-0.3, -0.25) is 0 Å². The highest BCUT2D eigenvalue weighted by atomic mass is 79.9. The number of anilines is 2. The number of methoxy groups -OCH3 is 1. The van der Waals surface area contributed by atoms with Crippen LogP contribution in [0.2, 0.25) is 0 Å². The van der Waals surface area contributed by atoms with Crippen LogP contribution < -0.4 is 10.6 Å². The molecule has 180 valence electrons. The molecule has 0 saturated carbocycles. The number of piperidine rings is 1. The van der Waals surface area contributed by atoms with E-state index in [9.17, 15) is 0 Å². The molecule has 1 fully saturated rings. The quantitative estimate of drug-likeness (QED) is 0.349. The number of hydrogen-bond acceptors (Lipinski definition) is 9. The number of hydrogen-bond donors (Lipinski definition) is 1. The number of halogens is 1. The smallest absolute Gasteiger partial charge is 0.165 e. The monoisotopic (exact) mass is 535 g/mol. The van der Waals surface area contributed by atoms with Crippen LogP contribution in [-0.2, 0) is 9.47 Å². The van der Waals surface area contributed by atoms with Crippen LogP contribution in [0.1, 0.15) is 12.8 Å². The van der Waals surface area contributed by atoms with Crippen molar-refractivity contribution >= 4 is 38.6 Å². The van der Waals surface area contributed by atoms with Crippen molar-refractivity contribution in [3.05, 3.63) is 53.3 Å². The van der Waals surface area contributed by atoms with E-state index in [1.807, 2.05) is 42.5 Å². The van der Waals surface area contributed by atoms with Gasteiger partial charge in [-0.15, -0.1) is 10.2 Å². The summed E-state index contributed by atoms with van der Waals surface area (Å²) >= 11 is 3.55. The van der Waals surface area contributed by atoms with Gasteiger partial charge in [-0.25, -0.2) is 15.0 Å². The van der Waals surface area contributed by atoms with Gasteiger partial charge in [0.2, 0.25) is 0 Å². The molecule has 4 aromatic rings. The Morgan fingerprint density at radius 3 is 2.63 bits per heavy atom. The van der Waals surface area contributed by atoms with Crippen LogP contribution in [0.4, 0.5) is 11.6 Å². The van der Waals surface area contributed by atoms with Crippen LogP contribution in [0.15, 0.2) is 53.3 Å². The van der Waals surface area contributed by atoms with Crippen molar-refractivity contribution in [2.45, 2.75) is 18.9 Å². The lowest BCUT2D eigenvalue weighted by Crippen LogP contribution is -2.38. The molecule has 0 amide bonds. The van der Waals surface area contributed by atoms with E-state index in [1.54, 1.807) is 7.11 Å². The van der Waals surface area contributed by atoms with Gasteiger partial charge in [0, 0.05) is 24.7 Å². The highest BCUT2D eigenvalue weighted by Gasteiger charge is 2.21. The number of ether oxygens (including phenoxy) is 2. The van der Waals surface area contributed by atoms with Gasteiger partial charge in [0.05, 0.1) is 30.4 Å². The topological polar surface area (TPSA) is 112 Å². The summed E-state index contributed by atoms with van der Waals surface area (Å²) in [5, 5.41) is 9.72. The molecule has 0 aliphatic carbocycles. The van der Waals surface area contributed by atoms with Gasteiger partial charge < -0.3 is 20.1 Å². The van der Waals surface area contributed by atoms with E-state index in [0.29, 0.717) is 36.1 Å². The lowest BCUT2D eigenvalue weighted by molar-refractivity contribution is 0.00603. The molecule has 1 aliphatic rings. The van der Waals surface area contributed by atoms with Crippen molar-refractivity contribution in [2.75, 3.05) is 44.0 Å². The zero-order chi connectivity index (χ0) is 24.2. The minimum absolute atomic E-state index is 0.265. The first-order valence-electron chi connectivity index (χ1n) is 11.5. The molecule has 4 heterocycles. The summed E-state index contributed by atoms with van der Waals surface area (Å²) in [7, 11) is 1.69. The molecule has 1 aromatic carbocycles. The van der Waals surface area contributed by atoms with Crippen LogP contribution >= 0.6 is 15.9 Å². The number of pyridine rings is 1. The maximum atomic E-state index is 6.22. The van der Waals surface area contributed by atoms with Crippen molar-refractivity contribution in [2.24, 2.45) is 0 Å². The minimum Gasteiger partial charge on any atom is -0.383 e. The first-order chi connectivity index (χ1) is 17.1. The van der Waals surface area contributed by atoms with Crippen LogP contribution in [0, 0.1) is 0 Å². The molecule has 0 radical (unpaired) electrons. The van der Waals surface area contributed by atoms with Crippen molar-refractivity contribution in [3.8, 4) is 22.5 Å². The molecule has 0 unspecified atom stereocenters. The predicted octanol–water partition coefficient (Wildman–Crippen LogP) is 4.13. The molecular weight excluding hydrogens is 510 g/mol. The molecule has 3 aromatic heterocycles. The summed E-state index contributed by atoms with van der Waals surface area (Å²) in [5.41, 5.74) is 9.96. The van der Waals surface area contributed by atoms with Crippen molar-refractivity contribution in [1.29, 1.82) is 0 Å². The van der Waals surface area contributed by atoms with Crippen molar-refractivity contribution < 1.29 is 9.47 Å². The number of benzene rings is 1. The van der Waals surface area contributed by atoms with Gasteiger partial charge in [0.1, 0.15) is 17.8 Å². The van der Waals surface area contributed by atoms with E-state index in [-0.39, 0.29) is 6.10 Å². The largest absolute Gasteiger partial charge is 0.383 e. The molecule has 1 aliphatic heterocycles. The van der Waals surface area contributed by atoms with Gasteiger partial charge in [-0.05, 0) is 54.3 Å². The third kappa shape index (κ3) is 5.24. The number of rotatable bonds is 7. The minimum atomic E-state index is 0.265. The summed E-state index contributed by atoms with van der Waals surface area (Å²) in [4.78, 5) is 15.5. The summed E-state index contributed by atoms with van der Waals surface area (Å²) in [6.07, 6.45) is 3.60. The SMILES string of the molecule is COCCOC1CCN(c2ccc(-c3cc(-c4cccc(Br)c4)c4c(N)ncnc4n3)nn2)CC1. The molecule has 0 atom stereocenters. The standard InChI is InChI=1S/C25H26BrN7O2/c1-34-11-12-35-18-7-9-33(10-8-18)22-6-5-20(31-32-22)21-14-19(16-3-2-4-17(26)13-16)23-24(27)28-15-29-25(23)30-21/h2-6,13-15,18H,7-12H2,1H3,(H2,27,28,29,30). The van der Waals surface area contributed by atoms with E-state index >= 15 is 0 Å². The third-order valence-corrected chi connectivity index (χ3v) is 6.58. The number of nitrogen functional groups attached to an aromatic ring is 1. The average molecular weight is 536 g/mol. The molecule has 9 nitrogen and oxygen atoms in total. The molecule has 1 saturated heterocycles. The molecular formula is C25H26BrN7O2. The van der Waals surface area contributed by atoms with Gasteiger partial charge in [-0.1, -0.05) is 28.1 Å². The van der Waals surface area contributed by atoms with Crippen LogP contribution in [-0.4, -0.2) is 64.7 Å². The van der Waals surface area contributed by atoms with E-state index in [2.05, 4.69) is 41.0 Å². The fraction of sp³-hybridized carbons (Fsp3) is 0.320. The Morgan fingerprint density at radius 2 is 1.89 bits per heavy atom. The number of fused-ring (bicyclic) bond motifs is 1. The number of nitrogens with two attached hydrogens (primary N) is 1. The van der Waals surface area contributed by atoms with Gasteiger partial charge in [-0.2, -0.15) is 0 Å². The fourth-order valence-corrected chi connectivity index (χ4v) is 4.68. The van der Waals surface area contributed by atoms with Gasteiger partial charge >= 0.3 is 0 Å². The Labute approximate surface area is 211 Å². The Morgan fingerprint density at radius 1 is 1.03 bits per heavy atom. The fourth-order valence-electron chi connectivity index (χ4n) is 4.28. The molecule has 0 spiro atoms. The molecule has 10 heteroatoms. The Kier molecular flexibility index (Phi) is 7.12. The molecule has 35 heavy (non-hydrogen) atoms. The second-order valence-electron chi connectivity index (χ2n) is 8.35. The lowest BCUT2D eigenvalue weighted by atomic mass is 10.0. The first kappa shape index (κ1) is 23.5. The Bertz CT molecular complexity index is 1310. The van der Waals surface area contributed by atoms with E-state index in [1.165, 1.54) is 6.33 Å². The molecule has 5 rings (SSSR count). The summed E-state index contributed by atoms with van der Waals surface area (Å²) in [6, 6.07) is 13.9. The summed E-state index contributed by atoms with van der Waals surface area (Å²) in [6.45, 7) is 3.01. The highest BCUT2D eigenvalue weighted by Crippen LogP contribution is 2.34. The predicted molar refractivity (Wildman–Crippen MR) is 139 cm³/mol. The van der Waals surface area contributed by atoms with E-state index < -0.39 is 0 Å². The summed E-state index contributed by atoms with van der Waals surface area (Å²) in [5.74, 6) is 1.24. The van der Waals surface area contributed by atoms with Crippen LogP contribution in [0.25, 0.3) is 33.5 Å². The van der Waals surface area contributed by atoms with Crippen molar-refractivity contribution in [1.82, 2.24) is 25.1 Å². The third-order valence-electron chi connectivity index (χ3n) is 6.09. The lowest BCUT2D eigenvalue weighted by Gasteiger charge is -2.32.